The van der Waals surface area contributed by atoms with Crippen LogP contribution in [0.3, 0.4) is 0 Å². The van der Waals surface area contributed by atoms with Crippen molar-refractivity contribution in [1.29, 1.82) is 0 Å². The highest BCUT2D eigenvalue weighted by Gasteiger charge is 2.31. The number of ether oxygens (including phenoxy) is 1. The molecule has 3 aromatic carbocycles. The fourth-order valence-corrected chi connectivity index (χ4v) is 4.12. The molecule has 0 aromatic heterocycles. The van der Waals surface area contributed by atoms with Crippen LogP contribution in [0.25, 0.3) is 0 Å². The van der Waals surface area contributed by atoms with E-state index in [0.717, 1.165) is 26.7 Å². The Kier molecular flexibility index (Phi) is 10.1. The van der Waals surface area contributed by atoms with Crippen LogP contribution in [-0.2, 0) is 22.6 Å². The van der Waals surface area contributed by atoms with E-state index in [1.54, 1.807) is 4.90 Å². The van der Waals surface area contributed by atoms with Gasteiger partial charge in [-0.15, -0.1) is 0 Å². The highest BCUT2D eigenvalue weighted by atomic mass is 127. The first-order valence-corrected chi connectivity index (χ1v) is 13.0. The van der Waals surface area contributed by atoms with E-state index in [1.165, 1.54) is 0 Å². The van der Waals surface area contributed by atoms with E-state index in [2.05, 4.69) is 27.9 Å². The molecule has 0 fully saturated rings. The summed E-state index contributed by atoms with van der Waals surface area (Å²) in [5.74, 6) is 0.238. The number of rotatable bonds is 11. The molecular formula is C29H33IN2O3. The largest absolute Gasteiger partial charge is 0.484 e. The molecule has 0 saturated carbocycles. The molecule has 6 heteroatoms. The maximum atomic E-state index is 13.6. The van der Waals surface area contributed by atoms with E-state index >= 15 is 0 Å². The van der Waals surface area contributed by atoms with Crippen LogP contribution in [0.1, 0.15) is 37.0 Å². The van der Waals surface area contributed by atoms with Crippen molar-refractivity contribution in [3.8, 4) is 5.75 Å². The van der Waals surface area contributed by atoms with Crippen LogP contribution in [0.4, 0.5) is 0 Å². The van der Waals surface area contributed by atoms with Gasteiger partial charge in [-0.25, -0.2) is 0 Å². The molecular weight excluding hydrogens is 551 g/mol. The van der Waals surface area contributed by atoms with Crippen LogP contribution in [0, 0.1) is 10.5 Å². The highest BCUT2D eigenvalue weighted by molar-refractivity contribution is 14.1. The van der Waals surface area contributed by atoms with Gasteiger partial charge in [0.1, 0.15) is 11.8 Å². The molecule has 3 aromatic rings. The van der Waals surface area contributed by atoms with Crippen molar-refractivity contribution in [2.24, 2.45) is 0 Å². The molecule has 2 atom stereocenters. The highest BCUT2D eigenvalue weighted by Crippen LogP contribution is 2.18. The van der Waals surface area contributed by atoms with Gasteiger partial charge in [0.05, 0.1) is 0 Å². The molecule has 0 heterocycles. The summed E-state index contributed by atoms with van der Waals surface area (Å²) >= 11 is 2.23. The Balaban J connectivity index is 1.90. The second-order valence-electron chi connectivity index (χ2n) is 8.78. The van der Waals surface area contributed by atoms with Crippen molar-refractivity contribution in [2.45, 2.75) is 52.2 Å². The summed E-state index contributed by atoms with van der Waals surface area (Å²) in [6.07, 6.45) is 1.23. The molecule has 1 N–H and O–H groups in total. The molecule has 0 aliphatic rings. The van der Waals surface area contributed by atoms with Gasteiger partial charge in [0, 0.05) is 22.6 Å². The zero-order chi connectivity index (χ0) is 25.2. The SMILES string of the molecule is CC[C@@H](C)NC(=O)[C@H](Cc1ccccc1)N(Cc1cccc(C)c1)C(=O)COc1ccc(I)cc1. The van der Waals surface area contributed by atoms with Gasteiger partial charge >= 0.3 is 0 Å². The number of benzene rings is 3. The van der Waals surface area contributed by atoms with Crippen molar-refractivity contribution in [2.75, 3.05) is 6.61 Å². The Morgan fingerprint density at radius 2 is 1.66 bits per heavy atom. The smallest absolute Gasteiger partial charge is 0.261 e. The molecule has 2 amide bonds. The fourth-order valence-electron chi connectivity index (χ4n) is 3.76. The number of nitrogens with one attached hydrogen (secondary N) is 1. The van der Waals surface area contributed by atoms with Crippen molar-refractivity contribution >= 4 is 34.4 Å². The minimum Gasteiger partial charge on any atom is -0.484 e. The van der Waals surface area contributed by atoms with Crippen LogP contribution in [-0.4, -0.2) is 35.4 Å². The van der Waals surface area contributed by atoms with Gasteiger partial charge < -0.3 is 15.0 Å². The Morgan fingerprint density at radius 1 is 0.971 bits per heavy atom. The summed E-state index contributed by atoms with van der Waals surface area (Å²) in [5, 5.41) is 3.09. The lowest BCUT2D eigenvalue weighted by atomic mass is 10.0. The summed E-state index contributed by atoms with van der Waals surface area (Å²) in [7, 11) is 0. The zero-order valence-electron chi connectivity index (χ0n) is 20.5. The predicted molar refractivity (Wildman–Crippen MR) is 148 cm³/mol. The van der Waals surface area contributed by atoms with Gasteiger partial charge in [-0.1, -0.05) is 67.1 Å². The number of carbonyl (C=O) groups is 2. The molecule has 184 valence electrons. The summed E-state index contributed by atoms with van der Waals surface area (Å²) in [6.45, 7) is 6.20. The Hall–Kier alpha value is -2.87. The monoisotopic (exact) mass is 584 g/mol. The second kappa shape index (κ2) is 13.3. The lowest BCUT2D eigenvalue weighted by Gasteiger charge is -2.32. The lowest BCUT2D eigenvalue weighted by Crippen LogP contribution is -2.53. The first-order chi connectivity index (χ1) is 16.9. The second-order valence-corrected chi connectivity index (χ2v) is 10.0. The van der Waals surface area contributed by atoms with Gasteiger partial charge in [-0.2, -0.15) is 0 Å². The molecule has 0 aliphatic carbocycles. The minimum atomic E-state index is -0.667. The zero-order valence-corrected chi connectivity index (χ0v) is 22.7. The number of hydrogen-bond donors (Lipinski definition) is 1. The van der Waals surface area contributed by atoms with E-state index in [4.69, 9.17) is 4.74 Å². The Morgan fingerprint density at radius 3 is 2.31 bits per heavy atom. The number of nitrogens with zero attached hydrogens (tertiary/aromatic N) is 1. The third-order valence-corrected chi connectivity index (χ3v) is 6.60. The summed E-state index contributed by atoms with van der Waals surface area (Å²) in [4.78, 5) is 28.7. The van der Waals surface area contributed by atoms with Crippen LogP contribution in [0.5, 0.6) is 5.75 Å². The lowest BCUT2D eigenvalue weighted by molar-refractivity contribution is -0.143. The van der Waals surface area contributed by atoms with Gasteiger partial charge in [-0.3, -0.25) is 9.59 Å². The van der Waals surface area contributed by atoms with Crippen molar-refractivity contribution in [3.05, 3.63) is 99.1 Å². The molecule has 0 bridgehead atoms. The van der Waals surface area contributed by atoms with Crippen LogP contribution < -0.4 is 10.1 Å². The third kappa shape index (κ3) is 8.38. The molecule has 0 saturated heterocycles. The van der Waals surface area contributed by atoms with Gasteiger partial charge in [-0.05, 0) is 78.3 Å². The number of halogens is 1. The minimum absolute atomic E-state index is 0.0136. The topological polar surface area (TPSA) is 58.6 Å². The fraction of sp³-hybridized carbons (Fsp3) is 0.310. The Bertz CT molecular complexity index is 1100. The average molecular weight is 584 g/mol. The summed E-state index contributed by atoms with van der Waals surface area (Å²) in [6, 6.07) is 24.7. The van der Waals surface area contributed by atoms with Crippen molar-refractivity contribution in [3.63, 3.8) is 0 Å². The van der Waals surface area contributed by atoms with E-state index < -0.39 is 6.04 Å². The first-order valence-electron chi connectivity index (χ1n) is 11.9. The van der Waals surface area contributed by atoms with Gasteiger partial charge in [0.25, 0.3) is 5.91 Å². The van der Waals surface area contributed by atoms with Crippen molar-refractivity contribution in [1.82, 2.24) is 10.2 Å². The standard InChI is InChI=1S/C29H33IN2O3/c1-4-22(3)31-29(34)27(18-23-10-6-5-7-11-23)32(19-24-12-8-9-21(2)17-24)28(33)20-35-26-15-13-25(30)14-16-26/h5-17,22,27H,4,18-20H2,1-3H3,(H,31,34)/t22-,27+/m1/s1. The van der Waals surface area contributed by atoms with E-state index in [0.29, 0.717) is 18.7 Å². The molecule has 5 nitrogen and oxygen atoms in total. The number of carbonyl (C=O) groups excluding carboxylic acids is 2. The van der Waals surface area contributed by atoms with E-state index in [-0.39, 0.29) is 24.5 Å². The van der Waals surface area contributed by atoms with E-state index in [9.17, 15) is 9.59 Å². The van der Waals surface area contributed by atoms with Crippen LogP contribution in [0.15, 0.2) is 78.9 Å². The number of amides is 2. The summed E-state index contributed by atoms with van der Waals surface area (Å²) in [5.41, 5.74) is 3.08. The molecule has 3 rings (SSSR count). The maximum absolute atomic E-state index is 13.6. The van der Waals surface area contributed by atoms with Crippen LogP contribution >= 0.6 is 22.6 Å². The predicted octanol–water partition coefficient (Wildman–Crippen LogP) is 5.53. The summed E-state index contributed by atoms with van der Waals surface area (Å²) < 4.78 is 6.91. The molecule has 0 unspecified atom stereocenters. The molecule has 0 aliphatic heterocycles. The van der Waals surface area contributed by atoms with E-state index in [1.807, 2.05) is 99.6 Å². The molecule has 0 radical (unpaired) electrons. The first kappa shape index (κ1) is 26.7. The molecule has 35 heavy (non-hydrogen) atoms. The van der Waals surface area contributed by atoms with Gasteiger partial charge in [0.2, 0.25) is 5.91 Å². The number of aryl methyl sites for hydroxylation is 1. The average Bonchev–Trinajstić information content (AvgIpc) is 2.86. The quantitative estimate of drug-likeness (QED) is 0.302. The number of hydrogen-bond acceptors (Lipinski definition) is 3. The maximum Gasteiger partial charge on any atom is 0.261 e. The van der Waals surface area contributed by atoms with Gasteiger partial charge in [0.15, 0.2) is 6.61 Å². The van der Waals surface area contributed by atoms with Crippen molar-refractivity contribution < 1.29 is 14.3 Å². The third-order valence-electron chi connectivity index (χ3n) is 5.88. The Labute approximate surface area is 222 Å². The molecule has 0 spiro atoms. The van der Waals surface area contributed by atoms with Crippen LogP contribution in [0.2, 0.25) is 0 Å². The normalized spacial score (nSPS) is 12.5.